The fraction of sp³-hybridized carbons (Fsp3) is 0.533. The van der Waals surface area contributed by atoms with Crippen LogP contribution in [0.4, 0.5) is 4.39 Å². The SMILES string of the molecule is Cc1ccc(F)cc1C(=O)N1CCCCC1CCCl. The summed E-state index contributed by atoms with van der Waals surface area (Å²) in [6.07, 6.45) is 3.95. The number of benzene rings is 1. The first-order valence-corrected chi connectivity index (χ1v) is 7.30. The van der Waals surface area contributed by atoms with E-state index in [9.17, 15) is 9.18 Å². The van der Waals surface area contributed by atoms with Gasteiger partial charge in [0.15, 0.2) is 0 Å². The van der Waals surface area contributed by atoms with Crippen molar-refractivity contribution in [3.05, 3.63) is 35.1 Å². The summed E-state index contributed by atoms with van der Waals surface area (Å²) in [7, 11) is 0. The Kier molecular flexibility index (Phi) is 4.81. The Morgan fingerprint density at radius 1 is 1.47 bits per heavy atom. The third-order valence-corrected chi connectivity index (χ3v) is 3.98. The maximum atomic E-state index is 13.3. The normalized spacial score (nSPS) is 19.5. The lowest BCUT2D eigenvalue weighted by atomic mass is 9.98. The lowest BCUT2D eigenvalue weighted by molar-refractivity contribution is 0.0608. The van der Waals surface area contributed by atoms with Gasteiger partial charge in [-0.2, -0.15) is 0 Å². The number of amides is 1. The van der Waals surface area contributed by atoms with Crippen molar-refractivity contribution >= 4 is 17.5 Å². The first kappa shape index (κ1) is 14.3. The molecule has 19 heavy (non-hydrogen) atoms. The van der Waals surface area contributed by atoms with Gasteiger partial charge in [0.05, 0.1) is 0 Å². The molecule has 1 saturated heterocycles. The van der Waals surface area contributed by atoms with Crippen LogP contribution in [0.25, 0.3) is 0 Å². The van der Waals surface area contributed by atoms with Crippen molar-refractivity contribution in [3.8, 4) is 0 Å². The Labute approximate surface area is 118 Å². The van der Waals surface area contributed by atoms with Crippen LogP contribution in [-0.2, 0) is 0 Å². The molecule has 1 aromatic rings. The third-order valence-electron chi connectivity index (χ3n) is 3.76. The average Bonchev–Trinajstić information content (AvgIpc) is 2.42. The van der Waals surface area contributed by atoms with Gasteiger partial charge in [-0.1, -0.05) is 6.07 Å². The van der Waals surface area contributed by atoms with E-state index in [1.807, 2.05) is 11.8 Å². The fourth-order valence-electron chi connectivity index (χ4n) is 2.67. The number of nitrogens with zero attached hydrogens (tertiary/aromatic N) is 1. The number of piperidine rings is 1. The molecule has 1 aliphatic heterocycles. The number of hydrogen-bond donors (Lipinski definition) is 0. The van der Waals surface area contributed by atoms with Crippen LogP contribution in [0.5, 0.6) is 0 Å². The number of hydrogen-bond acceptors (Lipinski definition) is 1. The number of aryl methyl sites for hydroxylation is 1. The van der Waals surface area contributed by atoms with Crippen molar-refractivity contribution in [2.45, 2.75) is 38.6 Å². The Hall–Kier alpha value is -1.09. The first-order valence-electron chi connectivity index (χ1n) is 6.76. The number of alkyl halides is 1. The van der Waals surface area contributed by atoms with Gasteiger partial charge in [-0.15, -0.1) is 11.6 Å². The molecular weight excluding hydrogens is 265 g/mol. The molecule has 1 aromatic carbocycles. The quantitative estimate of drug-likeness (QED) is 0.774. The predicted molar refractivity (Wildman–Crippen MR) is 75.1 cm³/mol. The maximum absolute atomic E-state index is 13.3. The largest absolute Gasteiger partial charge is 0.336 e. The number of likely N-dealkylation sites (tertiary alicyclic amines) is 1. The zero-order chi connectivity index (χ0) is 13.8. The van der Waals surface area contributed by atoms with Crippen LogP contribution < -0.4 is 0 Å². The number of rotatable bonds is 3. The lowest BCUT2D eigenvalue weighted by Gasteiger charge is -2.36. The second-order valence-corrected chi connectivity index (χ2v) is 5.46. The van der Waals surface area contributed by atoms with Crippen molar-refractivity contribution in [3.63, 3.8) is 0 Å². The molecule has 2 rings (SSSR count). The molecule has 4 heteroatoms. The van der Waals surface area contributed by atoms with Crippen LogP contribution in [0.15, 0.2) is 18.2 Å². The van der Waals surface area contributed by atoms with Gasteiger partial charge in [0.25, 0.3) is 5.91 Å². The second kappa shape index (κ2) is 6.38. The van der Waals surface area contributed by atoms with Gasteiger partial charge in [-0.3, -0.25) is 4.79 Å². The van der Waals surface area contributed by atoms with E-state index in [4.69, 9.17) is 11.6 Å². The van der Waals surface area contributed by atoms with Crippen LogP contribution in [0, 0.1) is 12.7 Å². The highest BCUT2D eigenvalue weighted by Gasteiger charge is 2.27. The van der Waals surface area contributed by atoms with E-state index in [2.05, 4.69) is 0 Å². The molecule has 0 aromatic heterocycles. The van der Waals surface area contributed by atoms with Crippen LogP contribution in [-0.4, -0.2) is 29.3 Å². The van der Waals surface area contributed by atoms with Crippen molar-refractivity contribution < 1.29 is 9.18 Å². The van der Waals surface area contributed by atoms with E-state index in [-0.39, 0.29) is 17.8 Å². The minimum absolute atomic E-state index is 0.0631. The summed E-state index contributed by atoms with van der Waals surface area (Å²) < 4.78 is 13.3. The lowest BCUT2D eigenvalue weighted by Crippen LogP contribution is -2.44. The maximum Gasteiger partial charge on any atom is 0.254 e. The van der Waals surface area contributed by atoms with Gasteiger partial charge >= 0.3 is 0 Å². The van der Waals surface area contributed by atoms with E-state index in [1.165, 1.54) is 12.1 Å². The van der Waals surface area contributed by atoms with Gasteiger partial charge in [0.2, 0.25) is 0 Å². The highest BCUT2D eigenvalue weighted by molar-refractivity contribution is 6.17. The summed E-state index contributed by atoms with van der Waals surface area (Å²) in [6, 6.07) is 4.58. The number of carbonyl (C=O) groups is 1. The van der Waals surface area contributed by atoms with Gasteiger partial charge in [-0.25, -0.2) is 4.39 Å². The van der Waals surface area contributed by atoms with E-state index in [0.29, 0.717) is 11.4 Å². The van der Waals surface area contributed by atoms with Crippen molar-refractivity contribution in [2.24, 2.45) is 0 Å². The Bertz CT molecular complexity index is 461. The Morgan fingerprint density at radius 2 is 2.26 bits per heavy atom. The van der Waals surface area contributed by atoms with Crippen LogP contribution in [0.2, 0.25) is 0 Å². The standard InChI is InChI=1S/C15H19ClFNO/c1-11-5-6-12(17)10-14(11)15(19)18-9-3-2-4-13(18)7-8-16/h5-6,10,13H,2-4,7-9H2,1H3. The van der Waals surface area contributed by atoms with Crippen LogP contribution in [0.1, 0.15) is 41.6 Å². The monoisotopic (exact) mass is 283 g/mol. The molecule has 1 fully saturated rings. The van der Waals surface area contributed by atoms with E-state index in [0.717, 1.165) is 37.8 Å². The minimum Gasteiger partial charge on any atom is -0.336 e. The highest BCUT2D eigenvalue weighted by atomic mass is 35.5. The number of halogens is 2. The molecule has 1 amide bonds. The summed E-state index contributed by atoms with van der Waals surface area (Å²) in [5, 5.41) is 0. The molecule has 0 bridgehead atoms. The summed E-state index contributed by atoms with van der Waals surface area (Å²) in [5.41, 5.74) is 1.29. The van der Waals surface area contributed by atoms with Gasteiger partial charge in [0.1, 0.15) is 5.82 Å². The second-order valence-electron chi connectivity index (χ2n) is 5.09. The zero-order valence-electron chi connectivity index (χ0n) is 11.2. The fourth-order valence-corrected chi connectivity index (χ4v) is 2.93. The summed E-state index contributed by atoms with van der Waals surface area (Å²) in [4.78, 5) is 14.4. The smallest absolute Gasteiger partial charge is 0.254 e. The van der Waals surface area contributed by atoms with Gasteiger partial charge in [-0.05, 0) is 50.3 Å². The summed E-state index contributed by atoms with van der Waals surface area (Å²) >= 11 is 5.81. The Morgan fingerprint density at radius 3 is 3.00 bits per heavy atom. The van der Waals surface area contributed by atoms with Gasteiger partial charge < -0.3 is 4.90 Å². The highest BCUT2D eigenvalue weighted by Crippen LogP contribution is 2.23. The zero-order valence-corrected chi connectivity index (χ0v) is 11.9. The van der Waals surface area contributed by atoms with E-state index < -0.39 is 0 Å². The molecule has 1 unspecified atom stereocenters. The minimum atomic E-state index is -0.361. The molecule has 0 radical (unpaired) electrons. The topological polar surface area (TPSA) is 20.3 Å². The van der Waals surface area contributed by atoms with Crippen LogP contribution >= 0.6 is 11.6 Å². The molecule has 1 atom stereocenters. The molecule has 0 N–H and O–H groups in total. The molecule has 0 aliphatic carbocycles. The van der Waals surface area contributed by atoms with E-state index >= 15 is 0 Å². The average molecular weight is 284 g/mol. The summed E-state index contributed by atoms with van der Waals surface area (Å²) in [6.45, 7) is 2.59. The Balaban J connectivity index is 2.23. The molecule has 0 spiro atoms. The van der Waals surface area contributed by atoms with Gasteiger partial charge in [0, 0.05) is 24.0 Å². The van der Waals surface area contributed by atoms with Crippen molar-refractivity contribution in [2.75, 3.05) is 12.4 Å². The van der Waals surface area contributed by atoms with Crippen LogP contribution in [0.3, 0.4) is 0 Å². The molecule has 1 heterocycles. The molecule has 104 valence electrons. The molecule has 1 aliphatic rings. The third kappa shape index (κ3) is 3.27. The number of carbonyl (C=O) groups excluding carboxylic acids is 1. The van der Waals surface area contributed by atoms with Crippen molar-refractivity contribution in [1.29, 1.82) is 0 Å². The van der Waals surface area contributed by atoms with E-state index in [1.54, 1.807) is 6.07 Å². The first-order chi connectivity index (χ1) is 9.13. The molecular formula is C15H19ClFNO. The van der Waals surface area contributed by atoms with Crippen molar-refractivity contribution in [1.82, 2.24) is 4.90 Å². The summed E-state index contributed by atoms with van der Waals surface area (Å²) in [5.74, 6) is 0.128. The predicted octanol–water partition coefficient (Wildman–Crippen LogP) is 3.76. The molecule has 0 saturated carbocycles. The molecule has 2 nitrogen and oxygen atoms in total.